The molecular formula is C20H24N2O. The van der Waals surface area contributed by atoms with E-state index in [1.807, 2.05) is 30.3 Å². The van der Waals surface area contributed by atoms with Crippen LogP contribution >= 0.6 is 0 Å². The van der Waals surface area contributed by atoms with Crippen LogP contribution in [0.2, 0.25) is 0 Å². The first-order chi connectivity index (χ1) is 11.3. The van der Waals surface area contributed by atoms with Crippen molar-refractivity contribution in [2.45, 2.75) is 44.9 Å². The van der Waals surface area contributed by atoms with Crippen molar-refractivity contribution >= 4 is 22.5 Å². The minimum Gasteiger partial charge on any atom is -0.324 e. The Bertz CT molecular complexity index is 682. The third kappa shape index (κ3) is 4.41. The molecule has 0 aliphatic heterocycles. The van der Waals surface area contributed by atoms with Crippen molar-refractivity contribution in [3.05, 3.63) is 48.7 Å². The van der Waals surface area contributed by atoms with Crippen LogP contribution in [0.15, 0.2) is 48.7 Å². The number of hydrogen-bond acceptors (Lipinski definition) is 2. The number of anilines is 1. The molecule has 1 aromatic heterocycles. The number of carbonyl (C=O) groups excluding carboxylic acids is 1. The number of rotatable bonds is 5. The van der Waals surface area contributed by atoms with Crippen molar-refractivity contribution < 1.29 is 4.79 Å². The Morgan fingerprint density at radius 2 is 2.00 bits per heavy atom. The molecule has 0 spiro atoms. The third-order valence-corrected chi connectivity index (χ3v) is 4.50. The highest BCUT2D eigenvalue weighted by atomic mass is 16.1. The van der Waals surface area contributed by atoms with Crippen LogP contribution in [-0.2, 0) is 4.79 Å². The van der Waals surface area contributed by atoms with Gasteiger partial charge in [-0.1, -0.05) is 49.6 Å². The standard InChI is InChI=1S/C20H24N2O/c23-19(14-5-4-10-16-8-2-1-3-9-16)22-18-13-6-11-17-12-7-15-21-20(17)18/h4,6-7,10-13,15-16H,1-3,5,8-9,14H2,(H,22,23)/b10-4-. The van der Waals surface area contributed by atoms with Crippen LogP contribution in [0.1, 0.15) is 44.9 Å². The van der Waals surface area contributed by atoms with E-state index in [9.17, 15) is 4.79 Å². The Balaban J connectivity index is 1.51. The van der Waals surface area contributed by atoms with Crippen molar-refractivity contribution in [3.63, 3.8) is 0 Å². The maximum atomic E-state index is 12.1. The highest BCUT2D eigenvalue weighted by Gasteiger charge is 2.10. The number of para-hydroxylation sites is 1. The number of hydrogen-bond donors (Lipinski definition) is 1. The van der Waals surface area contributed by atoms with Gasteiger partial charge in [-0.25, -0.2) is 0 Å². The highest BCUT2D eigenvalue weighted by molar-refractivity contribution is 6.00. The van der Waals surface area contributed by atoms with Crippen LogP contribution < -0.4 is 5.32 Å². The second-order valence-corrected chi connectivity index (χ2v) is 6.29. The maximum absolute atomic E-state index is 12.1. The number of nitrogens with zero attached hydrogens (tertiary/aromatic N) is 1. The number of fused-ring (bicyclic) bond motifs is 1. The summed E-state index contributed by atoms with van der Waals surface area (Å²) < 4.78 is 0. The molecule has 2 aromatic rings. The van der Waals surface area contributed by atoms with E-state index in [1.165, 1.54) is 32.1 Å². The van der Waals surface area contributed by atoms with Crippen LogP contribution in [0.3, 0.4) is 0 Å². The van der Waals surface area contributed by atoms with Gasteiger partial charge >= 0.3 is 0 Å². The lowest BCUT2D eigenvalue weighted by molar-refractivity contribution is -0.116. The van der Waals surface area contributed by atoms with Crippen molar-refractivity contribution in [1.29, 1.82) is 0 Å². The van der Waals surface area contributed by atoms with Gasteiger partial charge in [0.2, 0.25) is 5.91 Å². The monoisotopic (exact) mass is 308 g/mol. The van der Waals surface area contributed by atoms with Crippen LogP contribution in [0.25, 0.3) is 10.9 Å². The van der Waals surface area contributed by atoms with E-state index in [4.69, 9.17) is 0 Å². The number of carbonyl (C=O) groups is 1. The lowest BCUT2D eigenvalue weighted by Crippen LogP contribution is -2.11. The molecule has 1 heterocycles. The summed E-state index contributed by atoms with van der Waals surface area (Å²) in [5.41, 5.74) is 1.64. The molecule has 1 fully saturated rings. The fourth-order valence-corrected chi connectivity index (χ4v) is 3.25. The first kappa shape index (κ1) is 15.7. The van der Waals surface area contributed by atoms with Crippen LogP contribution in [-0.4, -0.2) is 10.9 Å². The minimum atomic E-state index is 0.0523. The van der Waals surface area contributed by atoms with E-state index in [-0.39, 0.29) is 5.91 Å². The molecule has 0 radical (unpaired) electrons. The molecule has 0 unspecified atom stereocenters. The molecule has 1 saturated carbocycles. The van der Waals surface area contributed by atoms with Crippen LogP contribution in [0, 0.1) is 5.92 Å². The lowest BCUT2D eigenvalue weighted by atomic mass is 9.89. The fraction of sp³-hybridized carbons (Fsp3) is 0.400. The zero-order valence-corrected chi connectivity index (χ0v) is 13.5. The summed E-state index contributed by atoms with van der Waals surface area (Å²) in [5, 5.41) is 4.03. The summed E-state index contributed by atoms with van der Waals surface area (Å²) in [4.78, 5) is 16.5. The van der Waals surface area contributed by atoms with Gasteiger partial charge in [0.05, 0.1) is 11.2 Å². The Morgan fingerprint density at radius 1 is 1.17 bits per heavy atom. The van der Waals surface area contributed by atoms with Crippen molar-refractivity contribution in [3.8, 4) is 0 Å². The number of benzene rings is 1. The predicted molar refractivity (Wildman–Crippen MR) is 95.3 cm³/mol. The van der Waals surface area contributed by atoms with Gasteiger partial charge in [0.25, 0.3) is 0 Å². The topological polar surface area (TPSA) is 42.0 Å². The third-order valence-electron chi connectivity index (χ3n) is 4.50. The van der Waals surface area contributed by atoms with Crippen molar-refractivity contribution in [2.24, 2.45) is 5.92 Å². The average molecular weight is 308 g/mol. The SMILES string of the molecule is O=C(CC/C=C\C1CCCCC1)Nc1cccc2cccnc12. The van der Waals surface area contributed by atoms with Crippen molar-refractivity contribution in [2.75, 3.05) is 5.32 Å². The summed E-state index contributed by atoms with van der Waals surface area (Å²) in [6.45, 7) is 0. The number of pyridine rings is 1. The summed E-state index contributed by atoms with van der Waals surface area (Å²) in [6.07, 6.45) is 14.3. The molecule has 1 amide bonds. The quantitative estimate of drug-likeness (QED) is 0.782. The predicted octanol–water partition coefficient (Wildman–Crippen LogP) is 5.09. The van der Waals surface area contributed by atoms with Crippen molar-refractivity contribution in [1.82, 2.24) is 4.98 Å². The molecule has 3 rings (SSSR count). The van der Waals surface area contributed by atoms with E-state index >= 15 is 0 Å². The Labute approximate surface area is 137 Å². The Hall–Kier alpha value is -2.16. The smallest absolute Gasteiger partial charge is 0.224 e. The zero-order valence-electron chi connectivity index (χ0n) is 13.5. The largest absolute Gasteiger partial charge is 0.324 e. The highest BCUT2D eigenvalue weighted by Crippen LogP contribution is 2.25. The molecule has 120 valence electrons. The van der Waals surface area contributed by atoms with E-state index < -0.39 is 0 Å². The summed E-state index contributed by atoms with van der Waals surface area (Å²) in [6, 6.07) is 9.77. The average Bonchev–Trinajstić information content (AvgIpc) is 2.60. The first-order valence-corrected chi connectivity index (χ1v) is 8.63. The summed E-state index contributed by atoms with van der Waals surface area (Å²) in [7, 11) is 0. The van der Waals surface area contributed by atoms with Gasteiger partial charge in [0, 0.05) is 18.0 Å². The Morgan fingerprint density at radius 3 is 2.87 bits per heavy atom. The summed E-state index contributed by atoms with van der Waals surface area (Å²) >= 11 is 0. The van der Waals surface area contributed by atoms with Gasteiger partial charge in [-0.3, -0.25) is 9.78 Å². The molecule has 3 nitrogen and oxygen atoms in total. The van der Waals surface area contributed by atoms with Gasteiger partial charge in [-0.05, 0) is 37.3 Å². The summed E-state index contributed by atoms with van der Waals surface area (Å²) in [5.74, 6) is 0.783. The molecule has 0 bridgehead atoms. The van der Waals surface area contributed by atoms with E-state index in [2.05, 4.69) is 22.5 Å². The maximum Gasteiger partial charge on any atom is 0.224 e. The van der Waals surface area contributed by atoms with Crippen LogP contribution in [0.5, 0.6) is 0 Å². The number of allylic oxidation sites excluding steroid dienone is 2. The molecule has 23 heavy (non-hydrogen) atoms. The van der Waals surface area contributed by atoms with Gasteiger partial charge in [-0.15, -0.1) is 0 Å². The van der Waals surface area contributed by atoms with Gasteiger partial charge < -0.3 is 5.32 Å². The van der Waals surface area contributed by atoms with Gasteiger partial charge in [0.15, 0.2) is 0 Å². The van der Waals surface area contributed by atoms with Gasteiger partial charge in [-0.2, -0.15) is 0 Å². The molecule has 0 atom stereocenters. The molecule has 1 N–H and O–H groups in total. The number of aromatic nitrogens is 1. The second kappa shape index (κ2) is 7.91. The molecule has 1 aliphatic rings. The second-order valence-electron chi connectivity index (χ2n) is 6.29. The molecule has 0 saturated heterocycles. The van der Waals surface area contributed by atoms with E-state index in [0.29, 0.717) is 6.42 Å². The molecule has 1 aliphatic carbocycles. The molecule has 1 aromatic carbocycles. The van der Waals surface area contributed by atoms with Crippen LogP contribution in [0.4, 0.5) is 5.69 Å². The van der Waals surface area contributed by atoms with Gasteiger partial charge in [0.1, 0.15) is 0 Å². The molecule has 3 heteroatoms. The number of nitrogens with one attached hydrogen (secondary N) is 1. The minimum absolute atomic E-state index is 0.0523. The lowest BCUT2D eigenvalue weighted by Gasteiger charge is -2.17. The first-order valence-electron chi connectivity index (χ1n) is 8.63. The normalized spacial score (nSPS) is 16.0. The molecular weight excluding hydrogens is 284 g/mol. The zero-order chi connectivity index (χ0) is 15.9. The Kier molecular flexibility index (Phi) is 5.41. The number of amides is 1. The fourth-order valence-electron chi connectivity index (χ4n) is 3.25. The van der Waals surface area contributed by atoms with E-state index in [0.717, 1.165) is 28.9 Å². The van der Waals surface area contributed by atoms with E-state index in [1.54, 1.807) is 6.20 Å².